The predicted molar refractivity (Wildman–Crippen MR) is 66.4 cm³/mol. The van der Waals surface area contributed by atoms with E-state index >= 15 is 0 Å². The molecule has 1 unspecified atom stereocenters. The molecular weight excluding hydrogens is 202 g/mol. The summed E-state index contributed by atoms with van der Waals surface area (Å²) in [5.41, 5.74) is 0. The Morgan fingerprint density at radius 3 is 2.88 bits per heavy atom. The van der Waals surface area contributed by atoms with Crippen LogP contribution in [-0.2, 0) is 4.79 Å². The second-order valence-corrected chi connectivity index (χ2v) is 4.82. The van der Waals surface area contributed by atoms with Crippen molar-refractivity contribution >= 4 is 5.91 Å². The van der Waals surface area contributed by atoms with Crippen LogP contribution in [0.1, 0.15) is 39.5 Å². The fourth-order valence-electron chi connectivity index (χ4n) is 1.97. The number of hydrogen-bond donors (Lipinski definition) is 3. The molecule has 0 aromatic carbocycles. The highest BCUT2D eigenvalue weighted by Gasteiger charge is 2.11. The van der Waals surface area contributed by atoms with E-state index in [1.165, 1.54) is 19.3 Å². The Morgan fingerprint density at radius 2 is 2.25 bits per heavy atom. The molecule has 0 aromatic rings. The number of hydrogen-bond acceptors (Lipinski definition) is 3. The van der Waals surface area contributed by atoms with Gasteiger partial charge in [-0.1, -0.05) is 6.42 Å². The van der Waals surface area contributed by atoms with E-state index in [0.717, 1.165) is 19.6 Å². The molecule has 1 aliphatic heterocycles. The maximum absolute atomic E-state index is 11.3. The van der Waals surface area contributed by atoms with Crippen molar-refractivity contribution in [1.29, 1.82) is 0 Å². The van der Waals surface area contributed by atoms with Crippen LogP contribution in [-0.4, -0.2) is 37.6 Å². The maximum Gasteiger partial charge on any atom is 0.221 e. The molecule has 16 heavy (non-hydrogen) atoms. The van der Waals surface area contributed by atoms with Crippen LogP contribution >= 0.6 is 0 Å². The Morgan fingerprint density at radius 1 is 1.44 bits per heavy atom. The minimum Gasteiger partial charge on any atom is -0.354 e. The first kappa shape index (κ1) is 13.5. The summed E-state index contributed by atoms with van der Waals surface area (Å²) in [6, 6.07) is 0.842. The summed E-state index contributed by atoms with van der Waals surface area (Å²) in [4.78, 5) is 11.3. The first-order valence-electron chi connectivity index (χ1n) is 6.42. The van der Waals surface area contributed by atoms with Gasteiger partial charge in [-0.2, -0.15) is 0 Å². The van der Waals surface area contributed by atoms with Gasteiger partial charge < -0.3 is 16.0 Å². The first-order valence-corrected chi connectivity index (χ1v) is 6.42. The van der Waals surface area contributed by atoms with Gasteiger partial charge in [-0.3, -0.25) is 4.79 Å². The minimum absolute atomic E-state index is 0.138. The molecule has 1 rings (SSSR count). The summed E-state index contributed by atoms with van der Waals surface area (Å²) in [6.45, 7) is 6.86. The van der Waals surface area contributed by atoms with Gasteiger partial charge in [0.15, 0.2) is 0 Å². The van der Waals surface area contributed by atoms with E-state index < -0.39 is 0 Å². The standard InChI is InChI=1S/C12H25N3O/c1-10(2)15-12(16)6-8-13-9-11-5-3-4-7-14-11/h10-11,13-14H,3-9H2,1-2H3,(H,15,16). The summed E-state index contributed by atoms with van der Waals surface area (Å²) in [5.74, 6) is 0.138. The molecule has 1 aliphatic rings. The van der Waals surface area contributed by atoms with Gasteiger partial charge in [0.1, 0.15) is 0 Å². The van der Waals surface area contributed by atoms with Crippen molar-refractivity contribution in [3.05, 3.63) is 0 Å². The minimum atomic E-state index is 0.138. The second kappa shape index (κ2) is 7.63. The molecule has 1 heterocycles. The van der Waals surface area contributed by atoms with Crippen LogP contribution in [0.2, 0.25) is 0 Å². The van der Waals surface area contributed by atoms with Gasteiger partial charge >= 0.3 is 0 Å². The summed E-state index contributed by atoms with van der Waals surface area (Å²) in [6.07, 6.45) is 4.45. The van der Waals surface area contributed by atoms with Crippen LogP contribution in [0.5, 0.6) is 0 Å². The highest BCUT2D eigenvalue weighted by atomic mass is 16.1. The number of carbonyl (C=O) groups is 1. The molecule has 1 amide bonds. The summed E-state index contributed by atoms with van der Waals surface area (Å²) >= 11 is 0. The Labute approximate surface area is 98.6 Å². The van der Waals surface area contributed by atoms with Gasteiger partial charge in [-0.15, -0.1) is 0 Å². The number of piperidine rings is 1. The average Bonchev–Trinajstić information content (AvgIpc) is 2.25. The topological polar surface area (TPSA) is 53.2 Å². The zero-order valence-corrected chi connectivity index (χ0v) is 10.5. The lowest BCUT2D eigenvalue weighted by Crippen LogP contribution is -2.42. The number of carbonyl (C=O) groups excluding carboxylic acids is 1. The average molecular weight is 227 g/mol. The van der Waals surface area contributed by atoms with Crippen molar-refractivity contribution in [2.75, 3.05) is 19.6 Å². The van der Waals surface area contributed by atoms with Gasteiger partial charge in [-0.05, 0) is 33.2 Å². The van der Waals surface area contributed by atoms with E-state index in [1.807, 2.05) is 13.8 Å². The van der Waals surface area contributed by atoms with Crippen molar-refractivity contribution in [3.63, 3.8) is 0 Å². The highest BCUT2D eigenvalue weighted by Crippen LogP contribution is 2.05. The second-order valence-electron chi connectivity index (χ2n) is 4.82. The molecular formula is C12H25N3O. The quantitative estimate of drug-likeness (QED) is 0.584. The fraction of sp³-hybridized carbons (Fsp3) is 0.917. The lowest BCUT2D eigenvalue weighted by atomic mass is 10.1. The highest BCUT2D eigenvalue weighted by molar-refractivity contribution is 5.76. The van der Waals surface area contributed by atoms with Crippen molar-refractivity contribution in [2.45, 2.75) is 51.6 Å². The number of amides is 1. The van der Waals surface area contributed by atoms with Crippen molar-refractivity contribution in [2.24, 2.45) is 0 Å². The van der Waals surface area contributed by atoms with Crippen molar-refractivity contribution < 1.29 is 4.79 Å². The molecule has 4 nitrogen and oxygen atoms in total. The Kier molecular flexibility index (Phi) is 6.42. The fourth-order valence-corrected chi connectivity index (χ4v) is 1.97. The predicted octanol–water partition coefficient (Wildman–Crippen LogP) is 0.633. The molecule has 4 heteroatoms. The first-order chi connectivity index (χ1) is 7.68. The van der Waals surface area contributed by atoms with Crippen LogP contribution in [0.25, 0.3) is 0 Å². The number of rotatable bonds is 6. The van der Waals surface area contributed by atoms with E-state index in [4.69, 9.17) is 0 Å². The van der Waals surface area contributed by atoms with Gasteiger partial charge in [-0.25, -0.2) is 0 Å². The summed E-state index contributed by atoms with van der Waals surface area (Å²) < 4.78 is 0. The normalized spacial score (nSPS) is 21.1. The van der Waals surface area contributed by atoms with E-state index in [-0.39, 0.29) is 11.9 Å². The van der Waals surface area contributed by atoms with Crippen LogP contribution < -0.4 is 16.0 Å². The molecule has 0 saturated carbocycles. The third-order valence-corrected chi connectivity index (χ3v) is 2.78. The van der Waals surface area contributed by atoms with E-state index in [0.29, 0.717) is 12.5 Å². The smallest absolute Gasteiger partial charge is 0.221 e. The summed E-state index contributed by atoms with van der Waals surface area (Å²) in [5, 5.41) is 9.70. The maximum atomic E-state index is 11.3. The Hall–Kier alpha value is -0.610. The zero-order chi connectivity index (χ0) is 11.8. The number of nitrogens with one attached hydrogen (secondary N) is 3. The van der Waals surface area contributed by atoms with E-state index in [9.17, 15) is 4.79 Å². The lowest BCUT2D eigenvalue weighted by molar-refractivity contribution is -0.121. The van der Waals surface area contributed by atoms with Crippen molar-refractivity contribution in [3.8, 4) is 0 Å². The molecule has 1 fully saturated rings. The third kappa shape index (κ3) is 6.08. The largest absolute Gasteiger partial charge is 0.354 e. The van der Waals surface area contributed by atoms with Crippen LogP contribution in [0.3, 0.4) is 0 Å². The van der Waals surface area contributed by atoms with E-state index in [1.54, 1.807) is 0 Å². The van der Waals surface area contributed by atoms with Gasteiger partial charge in [0, 0.05) is 31.6 Å². The zero-order valence-electron chi connectivity index (χ0n) is 10.5. The van der Waals surface area contributed by atoms with Gasteiger partial charge in [0.2, 0.25) is 5.91 Å². The molecule has 0 bridgehead atoms. The molecule has 0 aromatic heterocycles. The van der Waals surface area contributed by atoms with Gasteiger partial charge in [0.25, 0.3) is 0 Å². The molecule has 1 atom stereocenters. The van der Waals surface area contributed by atoms with Crippen LogP contribution in [0.4, 0.5) is 0 Å². The third-order valence-electron chi connectivity index (χ3n) is 2.78. The Bertz CT molecular complexity index is 200. The molecule has 0 spiro atoms. The van der Waals surface area contributed by atoms with Crippen LogP contribution in [0.15, 0.2) is 0 Å². The van der Waals surface area contributed by atoms with Crippen LogP contribution in [0, 0.1) is 0 Å². The van der Waals surface area contributed by atoms with E-state index in [2.05, 4.69) is 16.0 Å². The molecule has 1 saturated heterocycles. The summed E-state index contributed by atoms with van der Waals surface area (Å²) in [7, 11) is 0. The SMILES string of the molecule is CC(C)NC(=O)CCNCC1CCCCN1. The molecule has 94 valence electrons. The monoisotopic (exact) mass is 227 g/mol. The van der Waals surface area contributed by atoms with Crippen molar-refractivity contribution in [1.82, 2.24) is 16.0 Å². The lowest BCUT2D eigenvalue weighted by Gasteiger charge is -2.23. The molecule has 0 radical (unpaired) electrons. The molecule has 0 aliphatic carbocycles. The van der Waals surface area contributed by atoms with Gasteiger partial charge in [0.05, 0.1) is 0 Å². The molecule has 3 N–H and O–H groups in total. The Balaban J connectivity index is 1.96.